The van der Waals surface area contributed by atoms with E-state index in [1.54, 1.807) is 14.7 Å². The fourth-order valence-electron chi connectivity index (χ4n) is 4.72. The minimum atomic E-state index is -0.966. The van der Waals surface area contributed by atoms with Gasteiger partial charge in [0.25, 0.3) is 5.91 Å². The number of halogens is 1. The molecule has 1 unspecified atom stereocenters. The Bertz CT molecular complexity index is 861. The summed E-state index contributed by atoms with van der Waals surface area (Å²) in [4.78, 5) is 44.5. The Morgan fingerprint density at radius 3 is 2.22 bits per heavy atom. The van der Waals surface area contributed by atoms with Gasteiger partial charge in [-0.2, -0.15) is 0 Å². The van der Waals surface area contributed by atoms with Crippen LogP contribution in [0.3, 0.4) is 0 Å². The summed E-state index contributed by atoms with van der Waals surface area (Å²) < 4.78 is 25.0. The number of hydrogen-bond donors (Lipinski definition) is 0. The van der Waals surface area contributed by atoms with Gasteiger partial charge in [-0.3, -0.25) is 19.3 Å². The number of carbonyl (C=O) groups excluding carboxylic acids is 3. The zero-order valence-electron chi connectivity index (χ0n) is 18.6. The molecule has 0 saturated carbocycles. The van der Waals surface area contributed by atoms with Gasteiger partial charge < -0.3 is 19.3 Å². The average molecular weight is 448 g/mol. The van der Waals surface area contributed by atoms with Gasteiger partial charge in [-0.25, -0.2) is 4.39 Å². The smallest absolute Gasteiger partial charge is 0.256 e. The van der Waals surface area contributed by atoms with E-state index >= 15 is 0 Å². The van der Waals surface area contributed by atoms with Crippen molar-refractivity contribution in [2.75, 3.05) is 46.0 Å². The molecule has 3 heterocycles. The maximum atomic E-state index is 13.6. The Morgan fingerprint density at radius 1 is 1.00 bits per heavy atom. The molecule has 8 nitrogen and oxygen atoms in total. The monoisotopic (exact) mass is 447 g/mol. The molecule has 3 amide bonds. The number of ether oxygens (including phenoxy) is 2. The molecular weight excluding hydrogens is 417 g/mol. The molecule has 0 N–H and O–H groups in total. The van der Waals surface area contributed by atoms with Gasteiger partial charge in [-0.1, -0.05) is 13.8 Å². The Balaban J connectivity index is 1.61. The second-order valence-electron chi connectivity index (χ2n) is 8.87. The standard InChI is InChI=1S/C23H30FN3O5/c1-16(2)20(28)25-9-7-23(8-10-25)27(21(29)17-3-5-18(24)6-4-17)19(15-32-23)22(30)26-11-13-31-14-12-26/h3-6,16,19H,7-15H2,1-2H3. The first-order valence-corrected chi connectivity index (χ1v) is 11.2. The molecule has 1 aromatic rings. The fourth-order valence-corrected chi connectivity index (χ4v) is 4.72. The highest BCUT2D eigenvalue weighted by Gasteiger charge is 2.55. The number of amides is 3. The van der Waals surface area contributed by atoms with Gasteiger partial charge in [0.05, 0.1) is 19.8 Å². The molecule has 1 spiro atoms. The lowest BCUT2D eigenvalue weighted by atomic mass is 9.95. The molecule has 3 fully saturated rings. The SMILES string of the molecule is CC(C)C(=O)N1CCC2(CC1)OCC(C(=O)N1CCOCC1)N2C(=O)c1ccc(F)cc1. The van der Waals surface area contributed by atoms with Crippen LogP contribution in [-0.4, -0.2) is 90.2 Å². The van der Waals surface area contributed by atoms with Crippen LogP contribution in [0.2, 0.25) is 0 Å². The lowest BCUT2D eigenvalue weighted by Gasteiger charge is -2.45. The van der Waals surface area contributed by atoms with Crippen LogP contribution in [0.5, 0.6) is 0 Å². The van der Waals surface area contributed by atoms with Crippen LogP contribution in [0.1, 0.15) is 37.0 Å². The highest BCUT2D eigenvalue weighted by molar-refractivity contribution is 5.98. The highest BCUT2D eigenvalue weighted by atomic mass is 19.1. The quantitative estimate of drug-likeness (QED) is 0.702. The van der Waals surface area contributed by atoms with E-state index in [2.05, 4.69) is 0 Å². The Morgan fingerprint density at radius 2 is 1.62 bits per heavy atom. The van der Waals surface area contributed by atoms with Crippen LogP contribution < -0.4 is 0 Å². The molecule has 0 bridgehead atoms. The van der Waals surface area contributed by atoms with Crippen LogP contribution in [0.25, 0.3) is 0 Å². The van der Waals surface area contributed by atoms with Gasteiger partial charge in [0.1, 0.15) is 17.6 Å². The van der Waals surface area contributed by atoms with Crippen molar-refractivity contribution in [3.8, 4) is 0 Å². The summed E-state index contributed by atoms with van der Waals surface area (Å²) in [7, 11) is 0. The third-order valence-corrected chi connectivity index (χ3v) is 6.53. The second-order valence-corrected chi connectivity index (χ2v) is 8.87. The van der Waals surface area contributed by atoms with Crippen molar-refractivity contribution in [1.82, 2.24) is 14.7 Å². The largest absolute Gasteiger partial charge is 0.378 e. The lowest BCUT2D eigenvalue weighted by Crippen LogP contribution is -2.60. The van der Waals surface area contributed by atoms with Crippen LogP contribution in [0.15, 0.2) is 24.3 Å². The first-order chi connectivity index (χ1) is 15.3. The number of carbonyl (C=O) groups is 3. The molecule has 0 aliphatic carbocycles. The zero-order valence-corrected chi connectivity index (χ0v) is 18.6. The number of piperidine rings is 1. The van der Waals surface area contributed by atoms with E-state index in [-0.39, 0.29) is 30.2 Å². The van der Waals surface area contributed by atoms with Crippen molar-refractivity contribution in [2.45, 2.75) is 38.5 Å². The molecule has 9 heteroatoms. The fraction of sp³-hybridized carbons (Fsp3) is 0.609. The number of nitrogens with zero attached hydrogens (tertiary/aromatic N) is 3. The van der Waals surface area contributed by atoms with Crippen LogP contribution in [0.4, 0.5) is 4.39 Å². The van der Waals surface area contributed by atoms with Gasteiger partial charge in [-0.05, 0) is 24.3 Å². The van der Waals surface area contributed by atoms with E-state index in [9.17, 15) is 18.8 Å². The molecule has 32 heavy (non-hydrogen) atoms. The van der Waals surface area contributed by atoms with E-state index in [1.807, 2.05) is 13.8 Å². The third-order valence-electron chi connectivity index (χ3n) is 6.53. The number of morpholine rings is 1. The van der Waals surface area contributed by atoms with Gasteiger partial charge in [0, 0.05) is 50.5 Å². The van der Waals surface area contributed by atoms with Crippen molar-refractivity contribution in [3.05, 3.63) is 35.6 Å². The summed E-state index contributed by atoms with van der Waals surface area (Å²) in [5.74, 6) is -1.01. The maximum Gasteiger partial charge on any atom is 0.256 e. The third kappa shape index (κ3) is 4.23. The number of hydrogen-bond acceptors (Lipinski definition) is 5. The van der Waals surface area contributed by atoms with Crippen LogP contribution in [-0.2, 0) is 19.1 Å². The van der Waals surface area contributed by atoms with Gasteiger partial charge in [0.2, 0.25) is 11.8 Å². The molecule has 3 aliphatic rings. The second kappa shape index (κ2) is 9.15. The molecule has 0 aromatic heterocycles. The normalized spacial score (nSPS) is 23.1. The summed E-state index contributed by atoms with van der Waals surface area (Å²) in [5.41, 5.74) is -0.664. The maximum absolute atomic E-state index is 13.6. The molecule has 3 aliphatic heterocycles. The summed E-state index contributed by atoms with van der Waals surface area (Å²) in [6.45, 7) is 6.58. The molecule has 4 rings (SSSR count). The number of rotatable bonds is 3. The minimum absolute atomic E-state index is 0.0650. The van der Waals surface area contributed by atoms with Gasteiger partial charge >= 0.3 is 0 Å². The molecule has 1 aromatic carbocycles. The van der Waals surface area contributed by atoms with Crippen molar-refractivity contribution in [3.63, 3.8) is 0 Å². The summed E-state index contributed by atoms with van der Waals surface area (Å²) in [6, 6.07) is 4.56. The molecule has 3 saturated heterocycles. The van der Waals surface area contributed by atoms with Crippen molar-refractivity contribution in [1.29, 1.82) is 0 Å². The summed E-state index contributed by atoms with van der Waals surface area (Å²) >= 11 is 0. The summed E-state index contributed by atoms with van der Waals surface area (Å²) in [6.07, 6.45) is 0.844. The predicted molar refractivity (Wildman–Crippen MR) is 113 cm³/mol. The topological polar surface area (TPSA) is 79.4 Å². The first-order valence-electron chi connectivity index (χ1n) is 11.2. The molecule has 174 valence electrons. The Kier molecular flexibility index (Phi) is 6.48. The Hall–Kier alpha value is -2.52. The molecule has 1 atom stereocenters. The van der Waals surface area contributed by atoms with Gasteiger partial charge in [0.15, 0.2) is 0 Å². The first kappa shape index (κ1) is 22.7. The number of benzene rings is 1. The van der Waals surface area contributed by atoms with Crippen molar-refractivity contribution < 1.29 is 28.2 Å². The van der Waals surface area contributed by atoms with Gasteiger partial charge in [-0.15, -0.1) is 0 Å². The van der Waals surface area contributed by atoms with E-state index < -0.39 is 17.6 Å². The predicted octanol–water partition coefficient (Wildman–Crippen LogP) is 1.50. The van der Waals surface area contributed by atoms with E-state index in [0.717, 1.165) is 0 Å². The average Bonchev–Trinajstić information content (AvgIpc) is 3.17. The lowest BCUT2D eigenvalue weighted by molar-refractivity contribution is -0.148. The zero-order chi connectivity index (χ0) is 22.9. The number of likely N-dealkylation sites (tertiary alicyclic amines) is 1. The van der Waals surface area contributed by atoms with E-state index in [4.69, 9.17) is 9.47 Å². The van der Waals surface area contributed by atoms with Crippen molar-refractivity contribution >= 4 is 17.7 Å². The van der Waals surface area contributed by atoms with E-state index in [1.165, 1.54) is 24.3 Å². The van der Waals surface area contributed by atoms with Crippen molar-refractivity contribution in [2.24, 2.45) is 5.92 Å². The molecule has 0 radical (unpaired) electrons. The summed E-state index contributed by atoms with van der Waals surface area (Å²) in [5, 5.41) is 0. The molecular formula is C23H30FN3O5. The highest BCUT2D eigenvalue weighted by Crippen LogP contribution is 2.39. The van der Waals surface area contributed by atoms with Crippen LogP contribution >= 0.6 is 0 Å². The Labute approximate surface area is 187 Å². The minimum Gasteiger partial charge on any atom is -0.378 e. The van der Waals surface area contributed by atoms with E-state index in [0.29, 0.717) is 57.8 Å². The van der Waals surface area contributed by atoms with Crippen LogP contribution in [0, 0.1) is 11.7 Å².